The summed E-state index contributed by atoms with van der Waals surface area (Å²) in [5.41, 5.74) is 0. The molecule has 0 saturated carbocycles. The van der Waals surface area contributed by atoms with Crippen LogP contribution in [0, 0.1) is 0 Å². The molecule has 0 radical (unpaired) electrons. The molecule has 0 aromatic heterocycles. The number of hydrogen-bond acceptors (Lipinski definition) is 4. The summed E-state index contributed by atoms with van der Waals surface area (Å²) in [6.07, 6.45) is 0. The minimum absolute atomic E-state index is 0.782. The van der Waals surface area contributed by atoms with Gasteiger partial charge in [-0.1, -0.05) is 0 Å². The summed E-state index contributed by atoms with van der Waals surface area (Å²) in [5, 5.41) is 7.62. The Hall–Kier alpha value is 0.0300. The van der Waals surface area contributed by atoms with Crippen molar-refractivity contribution in [2.75, 3.05) is 6.79 Å². The van der Waals surface area contributed by atoms with E-state index in [1.807, 2.05) is 0 Å². The lowest BCUT2D eigenvalue weighted by molar-refractivity contribution is 0.101. The van der Waals surface area contributed by atoms with E-state index in [1.54, 1.807) is 0 Å². The molecular weight excluding hydrogens is 108 g/mol. The Bertz CT molecular complexity index is 51.5. The van der Waals surface area contributed by atoms with E-state index < -0.39 is 18.2 Å². The Morgan fingerprint density at radius 3 is 2.50 bits per heavy atom. The molecule has 0 amide bonds. The Labute approximate surface area is 37.2 Å². The molecule has 0 rings (SSSR count). The summed E-state index contributed by atoms with van der Waals surface area (Å²) in [6.45, 7) is -0.782. The number of aliphatic hydroxyl groups is 1. The van der Waals surface area contributed by atoms with Crippen LogP contribution < -0.4 is 0 Å². The lowest BCUT2D eigenvalue weighted by Gasteiger charge is -1.98. The Morgan fingerprint density at radius 1 is 2.00 bits per heavy atom. The van der Waals surface area contributed by atoms with Crippen LogP contribution in [0.2, 0.25) is 0 Å². The fraction of sp³-hybridized carbons (Fsp3) is 1.00. The van der Waals surface area contributed by atoms with Crippen molar-refractivity contribution in [1.82, 2.24) is 0 Å². The highest BCUT2D eigenvalue weighted by atomic mass is 32.2. The van der Waals surface area contributed by atoms with Crippen LogP contribution in [-0.4, -0.2) is 20.7 Å². The van der Waals surface area contributed by atoms with E-state index in [-0.39, 0.29) is 0 Å². The molecule has 0 aromatic carbocycles. The first kappa shape index (κ1) is 6.03. The summed E-state index contributed by atoms with van der Waals surface area (Å²) in [6, 6.07) is 0. The highest BCUT2D eigenvalue weighted by molar-refractivity contribution is 7.74. The SMILES string of the molecule is O=S([O-])OCO. The third-order valence-electron chi connectivity index (χ3n) is 0.149. The van der Waals surface area contributed by atoms with Gasteiger partial charge in [0.25, 0.3) is 0 Å². The molecule has 1 unspecified atom stereocenters. The van der Waals surface area contributed by atoms with E-state index in [2.05, 4.69) is 4.18 Å². The van der Waals surface area contributed by atoms with Crippen LogP contribution in [0.3, 0.4) is 0 Å². The minimum atomic E-state index is -2.57. The molecule has 0 aliphatic rings. The molecule has 0 aromatic rings. The average Bonchev–Trinajstić information content (AvgIpc) is 1.35. The molecule has 4 nitrogen and oxygen atoms in total. The average molecular weight is 111 g/mol. The van der Waals surface area contributed by atoms with Gasteiger partial charge in [0.05, 0.1) is 11.4 Å². The summed E-state index contributed by atoms with van der Waals surface area (Å²) >= 11 is -2.57. The summed E-state index contributed by atoms with van der Waals surface area (Å²) < 4.78 is 21.9. The molecule has 0 heterocycles. The van der Waals surface area contributed by atoms with Gasteiger partial charge in [-0.15, -0.1) is 0 Å². The predicted octanol–water partition coefficient (Wildman–Crippen LogP) is -1.25. The van der Waals surface area contributed by atoms with Gasteiger partial charge in [0.1, 0.15) is 0 Å². The van der Waals surface area contributed by atoms with Crippen LogP contribution in [0.1, 0.15) is 0 Å². The van der Waals surface area contributed by atoms with Crippen molar-refractivity contribution >= 4 is 11.4 Å². The van der Waals surface area contributed by atoms with Crippen molar-refractivity contribution in [3.63, 3.8) is 0 Å². The van der Waals surface area contributed by atoms with Gasteiger partial charge in [-0.25, -0.2) is 4.21 Å². The number of rotatable bonds is 2. The highest BCUT2D eigenvalue weighted by Crippen LogP contribution is 1.70. The Morgan fingerprint density at radius 2 is 2.50 bits per heavy atom. The fourth-order valence-corrected chi connectivity index (χ4v) is 0.129. The smallest absolute Gasteiger partial charge is 0.158 e. The minimum Gasteiger partial charge on any atom is -0.750 e. The largest absolute Gasteiger partial charge is 0.750 e. The fourth-order valence-electron chi connectivity index (χ4n) is 0.0430. The van der Waals surface area contributed by atoms with Crippen LogP contribution in [0.15, 0.2) is 0 Å². The normalized spacial score (nSPS) is 14.3. The van der Waals surface area contributed by atoms with Crippen molar-refractivity contribution in [3.8, 4) is 0 Å². The Balaban J connectivity index is 2.83. The quantitative estimate of drug-likeness (QED) is 0.357. The van der Waals surface area contributed by atoms with E-state index in [1.165, 1.54) is 0 Å². The van der Waals surface area contributed by atoms with E-state index in [9.17, 15) is 8.76 Å². The molecule has 1 N–H and O–H groups in total. The van der Waals surface area contributed by atoms with Crippen molar-refractivity contribution in [2.24, 2.45) is 0 Å². The van der Waals surface area contributed by atoms with Crippen molar-refractivity contribution in [2.45, 2.75) is 0 Å². The monoisotopic (exact) mass is 111 g/mol. The topological polar surface area (TPSA) is 69.6 Å². The van der Waals surface area contributed by atoms with Gasteiger partial charge in [0.15, 0.2) is 6.79 Å². The first-order valence-electron chi connectivity index (χ1n) is 1.10. The first-order chi connectivity index (χ1) is 2.77. The molecule has 5 heteroatoms. The second-order valence-corrected chi connectivity index (χ2v) is 1.10. The van der Waals surface area contributed by atoms with E-state index >= 15 is 0 Å². The van der Waals surface area contributed by atoms with Crippen molar-refractivity contribution in [3.05, 3.63) is 0 Å². The third-order valence-corrected chi connectivity index (χ3v) is 0.447. The second-order valence-electron chi connectivity index (χ2n) is 0.451. The zero-order chi connectivity index (χ0) is 4.99. The molecule has 0 fully saturated rings. The van der Waals surface area contributed by atoms with E-state index in [0.29, 0.717) is 0 Å². The van der Waals surface area contributed by atoms with E-state index in [4.69, 9.17) is 5.11 Å². The zero-order valence-corrected chi connectivity index (χ0v) is 3.60. The molecule has 38 valence electrons. The maximum Gasteiger partial charge on any atom is 0.158 e. The van der Waals surface area contributed by atoms with Crippen LogP contribution >= 0.6 is 0 Å². The van der Waals surface area contributed by atoms with Gasteiger partial charge in [0.2, 0.25) is 0 Å². The van der Waals surface area contributed by atoms with Gasteiger partial charge in [-0.05, 0) is 0 Å². The maximum absolute atomic E-state index is 9.22. The van der Waals surface area contributed by atoms with Gasteiger partial charge >= 0.3 is 0 Å². The molecular formula is CH3O4S-. The van der Waals surface area contributed by atoms with Crippen molar-refractivity contribution in [1.29, 1.82) is 0 Å². The van der Waals surface area contributed by atoms with E-state index in [0.717, 1.165) is 0 Å². The summed E-state index contributed by atoms with van der Waals surface area (Å²) in [5.74, 6) is 0. The molecule has 1 atom stereocenters. The van der Waals surface area contributed by atoms with Gasteiger partial charge in [-0.2, -0.15) is 0 Å². The second kappa shape index (κ2) is 3.23. The maximum atomic E-state index is 9.22. The zero-order valence-electron chi connectivity index (χ0n) is 2.79. The van der Waals surface area contributed by atoms with Crippen LogP contribution in [0.4, 0.5) is 0 Å². The van der Waals surface area contributed by atoms with Crippen LogP contribution in [0.5, 0.6) is 0 Å². The Kier molecular flexibility index (Phi) is 3.24. The molecule has 6 heavy (non-hydrogen) atoms. The molecule has 0 aliphatic carbocycles. The van der Waals surface area contributed by atoms with Crippen LogP contribution in [-0.2, 0) is 15.5 Å². The summed E-state index contributed by atoms with van der Waals surface area (Å²) in [4.78, 5) is 0. The molecule has 0 spiro atoms. The standard InChI is InChI=1S/CH4O4S/c2-1-5-6(3)4/h2H,1H2,(H,3,4)/p-1. The number of hydrogen-bond donors (Lipinski definition) is 1. The number of aliphatic hydroxyl groups excluding tert-OH is 1. The van der Waals surface area contributed by atoms with Crippen molar-refractivity contribution < 1.29 is 18.1 Å². The molecule has 0 aliphatic heterocycles. The lowest BCUT2D eigenvalue weighted by atomic mass is 11.6. The third kappa shape index (κ3) is 4.03. The first-order valence-corrected chi connectivity index (χ1v) is 2.10. The van der Waals surface area contributed by atoms with Crippen LogP contribution in [0.25, 0.3) is 0 Å². The molecule has 0 saturated heterocycles. The highest BCUT2D eigenvalue weighted by Gasteiger charge is 1.71. The van der Waals surface area contributed by atoms with Gasteiger partial charge in [0, 0.05) is 0 Å². The summed E-state index contributed by atoms with van der Waals surface area (Å²) in [7, 11) is 0. The molecule has 0 bridgehead atoms. The van der Waals surface area contributed by atoms with Gasteiger partial charge in [-0.3, -0.25) is 4.18 Å². The van der Waals surface area contributed by atoms with Gasteiger partial charge < -0.3 is 9.66 Å². The lowest BCUT2D eigenvalue weighted by Crippen LogP contribution is -1.94. The predicted molar refractivity (Wildman–Crippen MR) is 17.1 cm³/mol.